The molecule has 0 bridgehead atoms. The van der Waals surface area contributed by atoms with E-state index in [0.29, 0.717) is 13.0 Å². The van der Waals surface area contributed by atoms with Crippen LogP contribution in [0.1, 0.15) is 23.2 Å². The summed E-state index contributed by atoms with van der Waals surface area (Å²) < 4.78 is 6.38. The normalized spacial score (nSPS) is 11.2. The van der Waals surface area contributed by atoms with E-state index in [1.165, 1.54) is 15.9 Å². The molecule has 32 heavy (non-hydrogen) atoms. The summed E-state index contributed by atoms with van der Waals surface area (Å²) in [4.78, 5) is 12.6. The fourth-order valence-corrected chi connectivity index (χ4v) is 7.76. The zero-order valence-electron chi connectivity index (χ0n) is 17.8. The van der Waals surface area contributed by atoms with E-state index in [4.69, 9.17) is 4.74 Å². The Morgan fingerprint density at radius 1 is 0.656 bits per heavy atom. The van der Waals surface area contributed by atoms with Gasteiger partial charge >= 0.3 is 0 Å². The molecule has 0 amide bonds. The molecule has 160 valence electrons. The molecule has 0 unspecified atom stereocenters. The van der Waals surface area contributed by atoms with Crippen LogP contribution >= 0.6 is 23.0 Å². The third-order valence-corrected chi connectivity index (χ3v) is 9.72. The summed E-state index contributed by atoms with van der Waals surface area (Å²) in [7, 11) is -2.18. The second-order valence-corrected chi connectivity index (χ2v) is 11.6. The van der Waals surface area contributed by atoms with E-state index >= 15 is 0 Å². The molecule has 0 atom stereocenters. The summed E-state index contributed by atoms with van der Waals surface area (Å²) in [6.07, 6.45) is 1.21. The minimum absolute atomic E-state index is 0.163. The molecule has 0 radical (unpaired) electrons. The topological polar surface area (TPSA) is 29.4 Å². The van der Waals surface area contributed by atoms with Crippen LogP contribution in [0, 0.1) is 0 Å². The Balaban J connectivity index is 1.70. The molecule has 4 rings (SSSR count). The van der Waals surface area contributed by atoms with E-state index in [1.54, 1.807) is 0 Å². The molecule has 4 aromatic rings. The van der Waals surface area contributed by atoms with Gasteiger partial charge in [-0.1, -0.05) is 119 Å². The molecule has 0 aromatic heterocycles. The number of rotatable bonds is 8. The highest BCUT2D eigenvalue weighted by atomic mass is 79.9. The van der Waals surface area contributed by atoms with Crippen molar-refractivity contribution in [3.8, 4) is 0 Å². The fraction of sp³-hybridized carbons (Fsp3) is 0.107. The largest absolute Gasteiger partial charge is 0.294 e. The third-order valence-electron chi connectivity index (χ3n) is 5.43. The third kappa shape index (κ3) is 5.01. The van der Waals surface area contributed by atoms with Gasteiger partial charge in [0.25, 0.3) is 0 Å². The van der Waals surface area contributed by atoms with Crippen LogP contribution in [0.2, 0.25) is 0 Å². The van der Waals surface area contributed by atoms with E-state index in [0.717, 1.165) is 16.5 Å². The Kier molecular flexibility index (Phi) is 7.52. The van der Waals surface area contributed by atoms with Crippen molar-refractivity contribution in [2.75, 3.05) is 6.54 Å². The van der Waals surface area contributed by atoms with Gasteiger partial charge < -0.3 is 0 Å². The van der Waals surface area contributed by atoms with Crippen LogP contribution in [-0.4, -0.2) is 12.3 Å². The first-order valence-corrected chi connectivity index (χ1v) is 13.3. The lowest BCUT2D eigenvalue weighted by Gasteiger charge is -2.27. The number of Topliss-reactive ketones (excluding diaryl/α,β-unsaturated/α-hetero) is 1. The first kappa shape index (κ1) is 22.5. The van der Waals surface area contributed by atoms with E-state index < -0.39 is 7.05 Å². The zero-order chi connectivity index (χ0) is 22.2. The van der Waals surface area contributed by atoms with Gasteiger partial charge in [0.2, 0.25) is 0 Å². The maximum Gasteiger partial charge on any atom is 0.162 e. The van der Waals surface area contributed by atoms with E-state index in [1.807, 2.05) is 42.5 Å². The number of ketones is 1. The summed E-state index contributed by atoms with van der Waals surface area (Å²) in [6, 6.07) is 39.3. The minimum atomic E-state index is -2.18. The molecule has 4 aromatic carbocycles. The summed E-state index contributed by atoms with van der Waals surface area (Å²) in [5.74, 6) is 0.163. The van der Waals surface area contributed by atoms with Crippen molar-refractivity contribution in [1.82, 2.24) is 0 Å². The molecule has 0 saturated carbocycles. The molecule has 0 spiro atoms. The molecular formula is C28H25BrNOP. The smallest absolute Gasteiger partial charge is 0.162 e. The number of nitrogens with zero attached hydrogens (tertiary/aromatic N) is 1. The highest BCUT2D eigenvalue weighted by molar-refractivity contribution is 9.10. The van der Waals surface area contributed by atoms with Crippen LogP contribution in [0.5, 0.6) is 0 Å². The van der Waals surface area contributed by atoms with Crippen LogP contribution in [0.15, 0.2) is 124 Å². The van der Waals surface area contributed by atoms with Gasteiger partial charge in [0.15, 0.2) is 5.78 Å². The Bertz CT molecular complexity index is 1100. The van der Waals surface area contributed by atoms with Crippen molar-refractivity contribution in [1.29, 1.82) is 0 Å². The summed E-state index contributed by atoms with van der Waals surface area (Å²) >= 11 is 3.42. The molecule has 4 heteroatoms. The van der Waals surface area contributed by atoms with Gasteiger partial charge in [-0.05, 0) is 18.6 Å². The predicted octanol–water partition coefficient (Wildman–Crippen LogP) is 6.59. The molecule has 0 N–H and O–H groups in total. The van der Waals surface area contributed by atoms with Crippen LogP contribution in [-0.2, 0) is 0 Å². The van der Waals surface area contributed by atoms with Gasteiger partial charge in [-0.25, -0.2) is 0 Å². The quantitative estimate of drug-likeness (QED) is 0.152. The van der Waals surface area contributed by atoms with Gasteiger partial charge in [0.1, 0.15) is 0 Å². The summed E-state index contributed by atoms with van der Waals surface area (Å²) in [5, 5.41) is 3.70. The average molecular weight is 502 g/mol. The van der Waals surface area contributed by atoms with Crippen molar-refractivity contribution >= 4 is 44.7 Å². The van der Waals surface area contributed by atoms with E-state index in [-0.39, 0.29) is 5.78 Å². The standard InChI is InChI=1S/C28H25BrNOP/c29-24-20-18-23(19-21-24)28(31)17-10-22-30-32(25-11-4-1-5-12-25,26-13-6-2-7-14-26)27-15-8-3-9-16-27/h1-9,11-16,18-21H,10,17,22H2. The van der Waals surface area contributed by atoms with Gasteiger partial charge in [-0.2, -0.15) is 0 Å². The number of hydrogen-bond donors (Lipinski definition) is 0. The second kappa shape index (κ2) is 10.7. The summed E-state index contributed by atoms with van der Waals surface area (Å²) in [5.41, 5.74) is 0.753. The molecular weight excluding hydrogens is 477 g/mol. The number of halogens is 1. The molecule has 0 fully saturated rings. The lowest BCUT2D eigenvalue weighted by Crippen LogP contribution is -2.25. The van der Waals surface area contributed by atoms with Crippen molar-refractivity contribution < 1.29 is 4.79 Å². The zero-order valence-corrected chi connectivity index (χ0v) is 20.3. The van der Waals surface area contributed by atoms with Gasteiger partial charge in [0, 0.05) is 38.9 Å². The van der Waals surface area contributed by atoms with Crippen molar-refractivity contribution in [3.05, 3.63) is 125 Å². The van der Waals surface area contributed by atoms with Crippen LogP contribution in [0.25, 0.3) is 0 Å². The number of carbonyl (C=O) groups excluding carboxylic acids is 1. The van der Waals surface area contributed by atoms with Gasteiger partial charge in [-0.3, -0.25) is 9.54 Å². The number of benzene rings is 4. The molecule has 0 aliphatic heterocycles. The maximum atomic E-state index is 12.6. The van der Waals surface area contributed by atoms with Crippen LogP contribution < -0.4 is 15.9 Å². The lowest BCUT2D eigenvalue weighted by molar-refractivity contribution is 0.0981. The van der Waals surface area contributed by atoms with Crippen molar-refractivity contribution in [2.45, 2.75) is 12.8 Å². The Hall–Kier alpha value is -2.74. The van der Waals surface area contributed by atoms with Crippen LogP contribution in [0.3, 0.4) is 0 Å². The number of carbonyl (C=O) groups is 1. The minimum Gasteiger partial charge on any atom is -0.294 e. The van der Waals surface area contributed by atoms with Gasteiger partial charge in [-0.15, -0.1) is 0 Å². The molecule has 2 nitrogen and oxygen atoms in total. The molecule has 0 aliphatic carbocycles. The Morgan fingerprint density at radius 2 is 1.09 bits per heavy atom. The van der Waals surface area contributed by atoms with Crippen LogP contribution in [0.4, 0.5) is 0 Å². The predicted molar refractivity (Wildman–Crippen MR) is 140 cm³/mol. The molecule has 0 aliphatic rings. The highest BCUT2D eigenvalue weighted by Crippen LogP contribution is 2.46. The number of hydrogen-bond acceptors (Lipinski definition) is 2. The van der Waals surface area contributed by atoms with E-state index in [2.05, 4.69) is 88.7 Å². The monoisotopic (exact) mass is 501 g/mol. The second-order valence-electron chi connectivity index (χ2n) is 7.54. The van der Waals surface area contributed by atoms with Gasteiger partial charge in [0.05, 0.1) is 7.05 Å². The van der Waals surface area contributed by atoms with Crippen molar-refractivity contribution in [2.24, 2.45) is 4.74 Å². The Labute approximate surface area is 198 Å². The molecule has 0 heterocycles. The lowest BCUT2D eigenvalue weighted by atomic mass is 10.1. The first-order valence-electron chi connectivity index (χ1n) is 10.7. The first-order chi connectivity index (χ1) is 15.7. The van der Waals surface area contributed by atoms with Crippen molar-refractivity contribution in [3.63, 3.8) is 0 Å². The van der Waals surface area contributed by atoms with E-state index in [9.17, 15) is 4.79 Å². The molecule has 0 saturated heterocycles. The maximum absolute atomic E-state index is 12.6. The SMILES string of the molecule is O=C(CCCN=P(c1ccccc1)(c1ccccc1)c1ccccc1)c1ccc(Br)cc1. The highest BCUT2D eigenvalue weighted by Gasteiger charge is 2.26. The fourth-order valence-electron chi connectivity index (χ4n) is 3.86. The summed E-state index contributed by atoms with van der Waals surface area (Å²) in [6.45, 7) is 0.634. The Morgan fingerprint density at radius 3 is 1.53 bits per heavy atom. The average Bonchev–Trinajstić information content (AvgIpc) is 2.86.